The van der Waals surface area contributed by atoms with E-state index in [0.29, 0.717) is 29.4 Å². The maximum atomic E-state index is 12.8. The number of amides is 2. The molecule has 2 amide bonds. The van der Waals surface area contributed by atoms with E-state index in [9.17, 15) is 9.59 Å². The summed E-state index contributed by atoms with van der Waals surface area (Å²) in [5.41, 5.74) is 0.482. The molecular weight excluding hydrogens is 340 g/mol. The summed E-state index contributed by atoms with van der Waals surface area (Å²) in [5.74, 6) is 0.764. The van der Waals surface area contributed by atoms with E-state index >= 15 is 0 Å². The van der Waals surface area contributed by atoms with Crippen molar-refractivity contribution in [1.29, 1.82) is 0 Å². The van der Waals surface area contributed by atoms with Crippen LogP contribution in [0.1, 0.15) is 42.5 Å². The van der Waals surface area contributed by atoms with E-state index in [-0.39, 0.29) is 17.7 Å². The van der Waals surface area contributed by atoms with Gasteiger partial charge in [-0.3, -0.25) is 9.59 Å². The molecule has 2 saturated heterocycles. The maximum absolute atomic E-state index is 12.8. The molecule has 2 aliphatic heterocycles. The number of rotatable bonds is 3. The Bertz CT molecular complexity index is 636. The van der Waals surface area contributed by atoms with Gasteiger partial charge in [0.05, 0.1) is 12.7 Å². The normalized spacial score (nSPS) is 19.0. The summed E-state index contributed by atoms with van der Waals surface area (Å²) in [6, 6.07) is 5.07. The minimum atomic E-state index is -0.0804. The van der Waals surface area contributed by atoms with Crippen LogP contribution >= 0.6 is 11.6 Å². The number of methoxy groups -OCH3 is 1. The highest BCUT2D eigenvalue weighted by Crippen LogP contribution is 2.27. The lowest BCUT2D eigenvalue weighted by Gasteiger charge is -2.35. The average molecular weight is 365 g/mol. The number of piperidine rings is 2. The number of hydrogen-bond acceptors (Lipinski definition) is 3. The zero-order valence-electron chi connectivity index (χ0n) is 14.7. The Morgan fingerprint density at radius 2 is 1.72 bits per heavy atom. The van der Waals surface area contributed by atoms with Crippen molar-refractivity contribution in [2.45, 2.75) is 32.1 Å². The first-order valence-corrected chi connectivity index (χ1v) is 9.39. The van der Waals surface area contributed by atoms with Gasteiger partial charge in [0.25, 0.3) is 5.91 Å². The van der Waals surface area contributed by atoms with Gasteiger partial charge >= 0.3 is 0 Å². The van der Waals surface area contributed by atoms with Crippen LogP contribution in [0.5, 0.6) is 5.75 Å². The Kier molecular flexibility index (Phi) is 5.84. The van der Waals surface area contributed by atoms with Gasteiger partial charge in [-0.05, 0) is 50.3 Å². The van der Waals surface area contributed by atoms with E-state index in [1.54, 1.807) is 30.2 Å². The highest BCUT2D eigenvalue weighted by Gasteiger charge is 2.31. The molecule has 1 aromatic carbocycles. The summed E-state index contributed by atoms with van der Waals surface area (Å²) in [6.45, 7) is 2.97. The molecule has 0 atom stereocenters. The average Bonchev–Trinajstić information content (AvgIpc) is 2.67. The molecule has 2 fully saturated rings. The number of benzene rings is 1. The van der Waals surface area contributed by atoms with Crippen LogP contribution in [0.25, 0.3) is 0 Å². The number of ether oxygens (including phenoxy) is 1. The highest BCUT2D eigenvalue weighted by molar-refractivity contribution is 6.31. The monoisotopic (exact) mass is 364 g/mol. The van der Waals surface area contributed by atoms with Crippen LogP contribution in [-0.2, 0) is 4.79 Å². The molecule has 3 rings (SSSR count). The lowest BCUT2D eigenvalue weighted by Crippen LogP contribution is -2.45. The zero-order chi connectivity index (χ0) is 17.8. The van der Waals surface area contributed by atoms with Gasteiger partial charge in [0.15, 0.2) is 0 Å². The topological polar surface area (TPSA) is 49.9 Å². The summed E-state index contributed by atoms with van der Waals surface area (Å²) in [5, 5.41) is 0.513. The summed E-state index contributed by atoms with van der Waals surface area (Å²) >= 11 is 6.03. The van der Waals surface area contributed by atoms with Gasteiger partial charge in [-0.1, -0.05) is 11.6 Å². The molecule has 6 heteroatoms. The van der Waals surface area contributed by atoms with E-state index in [2.05, 4.69) is 0 Å². The lowest BCUT2D eigenvalue weighted by molar-refractivity contribution is -0.137. The van der Waals surface area contributed by atoms with Crippen LogP contribution in [0, 0.1) is 5.92 Å². The minimum absolute atomic E-state index is 0.0448. The van der Waals surface area contributed by atoms with E-state index in [1.807, 2.05) is 4.90 Å². The Balaban J connectivity index is 1.61. The molecule has 1 aromatic rings. The second kappa shape index (κ2) is 8.09. The van der Waals surface area contributed by atoms with Crippen LogP contribution in [0.2, 0.25) is 5.02 Å². The van der Waals surface area contributed by atoms with E-state index in [0.717, 1.165) is 38.8 Å². The number of nitrogens with zero attached hydrogens (tertiary/aromatic N) is 2. The molecule has 136 valence electrons. The number of hydrogen-bond donors (Lipinski definition) is 0. The van der Waals surface area contributed by atoms with Gasteiger partial charge in [-0.2, -0.15) is 0 Å². The Morgan fingerprint density at radius 1 is 1.04 bits per heavy atom. The van der Waals surface area contributed by atoms with Crippen LogP contribution in [0.3, 0.4) is 0 Å². The third-order valence-electron chi connectivity index (χ3n) is 5.19. The standard InChI is InChI=1S/C19H25ClN2O3/c1-25-17-6-5-15(20)13-16(17)19(24)22-11-7-14(8-12-22)18(23)21-9-3-2-4-10-21/h5-6,13-14H,2-4,7-12H2,1H3. The van der Waals surface area contributed by atoms with Crippen molar-refractivity contribution < 1.29 is 14.3 Å². The molecule has 2 aliphatic rings. The molecule has 0 aliphatic carbocycles. The van der Waals surface area contributed by atoms with Gasteiger partial charge < -0.3 is 14.5 Å². The number of halogens is 1. The van der Waals surface area contributed by atoms with Crippen LogP contribution in [0.15, 0.2) is 18.2 Å². The van der Waals surface area contributed by atoms with Crippen molar-refractivity contribution in [3.8, 4) is 5.75 Å². The molecular formula is C19H25ClN2O3. The Hall–Kier alpha value is -1.75. The largest absolute Gasteiger partial charge is 0.496 e. The van der Waals surface area contributed by atoms with E-state index in [1.165, 1.54) is 6.42 Å². The van der Waals surface area contributed by atoms with Gasteiger partial charge in [0.2, 0.25) is 5.91 Å². The van der Waals surface area contributed by atoms with E-state index in [4.69, 9.17) is 16.3 Å². The third kappa shape index (κ3) is 4.09. The molecule has 0 spiro atoms. The fourth-order valence-electron chi connectivity index (χ4n) is 3.72. The molecule has 0 saturated carbocycles. The van der Waals surface area contributed by atoms with Gasteiger partial charge in [-0.15, -0.1) is 0 Å². The van der Waals surface area contributed by atoms with Gasteiger partial charge in [0, 0.05) is 37.1 Å². The molecule has 0 unspecified atom stereocenters. The fraction of sp³-hybridized carbons (Fsp3) is 0.579. The molecule has 0 N–H and O–H groups in total. The van der Waals surface area contributed by atoms with Gasteiger partial charge in [-0.25, -0.2) is 0 Å². The zero-order valence-corrected chi connectivity index (χ0v) is 15.4. The number of carbonyl (C=O) groups excluding carboxylic acids is 2. The highest BCUT2D eigenvalue weighted by atomic mass is 35.5. The maximum Gasteiger partial charge on any atom is 0.257 e. The van der Waals surface area contributed by atoms with Crippen molar-refractivity contribution in [2.24, 2.45) is 5.92 Å². The molecule has 25 heavy (non-hydrogen) atoms. The quantitative estimate of drug-likeness (QED) is 0.827. The number of carbonyl (C=O) groups is 2. The minimum Gasteiger partial charge on any atom is -0.496 e. The van der Waals surface area contributed by atoms with Crippen molar-refractivity contribution in [3.05, 3.63) is 28.8 Å². The predicted molar refractivity (Wildman–Crippen MR) is 97.1 cm³/mol. The summed E-state index contributed by atoms with van der Waals surface area (Å²) in [7, 11) is 1.55. The first-order chi connectivity index (χ1) is 12.1. The summed E-state index contributed by atoms with van der Waals surface area (Å²) in [4.78, 5) is 29.2. The van der Waals surface area contributed by atoms with Crippen LogP contribution in [-0.4, -0.2) is 54.9 Å². The molecule has 0 radical (unpaired) electrons. The van der Waals surface area contributed by atoms with Gasteiger partial charge in [0.1, 0.15) is 5.75 Å². The Labute approximate surface area is 153 Å². The SMILES string of the molecule is COc1ccc(Cl)cc1C(=O)N1CCC(C(=O)N2CCCCC2)CC1. The van der Waals surface area contributed by atoms with E-state index < -0.39 is 0 Å². The van der Waals surface area contributed by atoms with Crippen molar-refractivity contribution in [1.82, 2.24) is 9.80 Å². The molecule has 5 nitrogen and oxygen atoms in total. The predicted octanol–water partition coefficient (Wildman–Crippen LogP) is 3.21. The fourth-order valence-corrected chi connectivity index (χ4v) is 3.89. The first-order valence-electron chi connectivity index (χ1n) is 9.01. The molecule has 2 heterocycles. The molecule has 0 aromatic heterocycles. The number of likely N-dealkylation sites (tertiary alicyclic amines) is 2. The van der Waals surface area contributed by atoms with Crippen molar-refractivity contribution in [2.75, 3.05) is 33.3 Å². The smallest absolute Gasteiger partial charge is 0.257 e. The van der Waals surface area contributed by atoms with Crippen molar-refractivity contribution >= 4 is 23.4 Å². The van der Waals surface area contributed by atoms with Crippen LogP contribution < -0.4 is 4.74 Å². The summed E-state index contributed by atoms with van der Waals surface area (Å²) < 4.78 is 5.28. The first kappa shape index (κ1) is 18.1. The summed E-state index contributed by atoms with van der Waals surface area (Å²) in [6.07, 6.45) is 4.89. The Morgan fingerprint density at radius 3 is 2.36 bits per heavy atom. The lowest BCUT2D eigenvalue weighted by atomic mass is 9.94. The van der Waals surface area contributed by atoms with Crippen LogP contribution in [0.4, 0.5) is 0 Å². The second-order valence-corrected chi connectivity index (χ2v) is 7.23. The second-order valence-electron chi connectivity index (χ2n) is 6.80. The van der Waals surface area contributed by atoms with Crippen molar-refractivity contribution in [3.63, 3.8) is 0 Å². The molecule has 0 bridgehead atoms. The third-order valence-corrected chi connectivity index (χ3v) is 5.43.